The monoisotopic (exact) mass is 288 g/mol. The number of alkyl halides is 1. The zero-order valence-corrected chi connectivity index (χ0v) is 10.3. The molecule has 15 heavy (non-hydrogen) atoms. The summed E-state index contributed by atoms with van der Waals surface area (Å²) in [7, 11) is 0. The van der Waals surface area contributed by atoms with Crippen LogP contribution >= 0.6 is 27.5 Å². The Labute approximate surface area is 102 Å². The van der Waals surface area contributed by atoms with Crippen molar-refractivity contribution >= 4 is 39.1 Å². The standard InChI is InChI=1S/C10H10BrClN2O/c11-9-2-1-8(5-13-9)14-6-7(4-12)3-10(14)15/h1-2,5,7H,3-4,6H2. The SMILES string of the molecule is O=C1CC(CCl)CN1c1ccc(Br)nc1. The van der Waals surface area contributed by atoms with E-state index in [2.05, 4.69) is 20.9 Å². The fraction of sp³-hybridized carbons (Fsp3) is 0.400. The minimum atomic E-state index is 0.129. The molecule has 1 saturated heterocycles. The van der Waals surface area contributed by atoms with Crippen molar-refractivity contribution in [3.8, 4) is 0 Å². The van der Waals surface area contributed by atoms with Gasteiger partial charge < -0.3 is 4.90 Å². The first-order chi connectivity index (χ1) is 7.20. The van der Waals surface area contributed by atoms with E-state index in [1.807, 2.05) is 12.1 Å². The lowest BCUT2D eigenvalue weighted by atomic mass is 10.1. The normalized spacial score (nSPS) is 21.1. The van der Waals surface area contributed by atoms with E-state index < -0.39 is 0 Å². The van der Waals surface area contributed by atoms with Gasteiger partial charge in [0, 0.05) is 18.8 Å². The molecule has 2 rings (SSSR count). The van der Waals surface area contributed by atoms with Crippen LogP contribution in [0.25, 0.3) is 0 Å². The summed E-state index contributed by atoms with van der Waals surface area (Å²) in [5.74, 6) is 0.930. The Hall–Kier alpha value is -0.610. The number of carbonyl (C=O) groups excluding carboxylic acids is 1. The van der Waals surface area contributed by atoms with Crippen molar-refractivity contribution in [2.45, 2.75) is 6.42 Å². The van der Waals surface area contributed by atoms with Gasteiger partial charge in [-0.2, -0.15) is 0 Å². The molecule has 80 valence electrons. The van der Waals surface area contributed by atoms with Crippen molar-refractivity contribution < 1.29 is 4.79 Å². The highest BCUT2D eigenvalue weighted by molar-refractivity contribution is 9.10. The smallest absolute Gasteiger partial charge is 0.227 e. The summed E-state index contributed by atoms with van der Waals surface area (Å²) >= 11 is 9.01. The Balaban J connectivity index is 2.18. The molecule has 1 aliphatic rings. The van der Waals surface area contributed by atoms with E-state index in [-0.39, 0.29) is 11.8 Å². The average molecular weight is 290 g/mol. The number of pyridine rings is 1. The quantitative estimate of drug-likeness (QED) is 0.619. The third-order valence-corrected chi connectivity index (χ3v) is 3.35. The minimum absolute atomic E-state index is 0.129. The summed E-state index contributed by atoms with van der Waals surface area (Å²) in [5.41, 5.74) is 0.843. The Morgan fingerprint density at radius 1 is 1.60 bits per heavy atom. The molecule has 1 fully saturated rings. The van der Waals surface area contributed by atoms with Crippen molar-refractivity contribution in [1.82, 2.24) is 4.98 Å². The lowest BCUT2D eigenvalue weighted by molar-refractivity contribution is -0.117. The number of hydrogen-bond donors (Lipinski definition) is 0. The highest BCUT2D eigenvalue weighted by Gasteiger charge is 2.29. The van der Waals surface area contributed by atoms with Gasteiger partial charge in [-0.25, -0.2) is 4.98 Å². The molecule has 0 N–H and O–H groups in total. The number of carbonyl (C=O) groups is 1. The number of halogens is 2. The fourth-order valence-electron chi connectivity index (χ4n) is 1.66. The van der Waals surface area contributed by atoms with Crippen LogP contribution in [0.1, 0.15) is 6.42 Å². The van der Waals surface area contributed by atoms with Gasteiger partial charge in [-0.05, 0) is 34.0 Å². The lowest BCUT2D eigenvalue weighted by Crippen LogP contribution is -2.24. The predicted octanol–water partition coefficient (Wildman–Crippen LogP) is 2.44. The number of anilines is 1. The van der Waals surface area contributed by atoms with Crippen LogP contribution in [0.3, 0.4) is 0 Å². The molecule has 0 aromatic carbocycles. The predicted molar refractivity (Wildman–Crippen MR) is 63.1 cm³/mol. The van der Waals surface area contributed by atoms with Crippen LogP contribution in [-0.4, -0.2) is 23.3 Å². The van der Waals surface area contributed by atoms with Crippen LogP contribution in [0.2, 0.25) is 0 Å². The number of nitrogens with zero attached hydrogens (tertiary/aromatic N) is 2. The summed E-state index contributed by atoms with van der Waals surface area (Å²) < 4.78 is 0.770. The van der Waals surface area contributed by atoms with E-state index in [1.54, 1.807) is 11.1 Å². The van der Waals surface area contributed by atoms with Crippen LogP contribution in [-0.2, 0) is 4.79 Å². The molecule has 0 spiro atoms. The third-order valence-electron chi connectivity index (χ3n) is 2.45. The summed E-state index contributed by atoms with van der Waals surface area (Å²) in [6.07, 6.45) is 2.23. The van der Waals surface area contributed by atoms with Gasteiger partial charge in [-0.3, -0.25) is 4.79 Å². The molecular formula is C10H10BrClN2O. The first-order valence-electron chi connectivity index (χ1n) is 4.68. The van der Waals surface area contributed by atoms with Crippen LogP contribution in [0.5, 0.6) is 0 Å². The highest BCUT2D eigenvalue weighted by Crippen LogP contribution is 2.25. The molecule has 1 atom stereocenters. The maximum atomic E-state index is 11.7. The lowest BCUT2D eigenvalue weighted by Gasteiger charge is -2.15. The molecule has 3 nitrogen and oxygen atoms in total. The molecule has 0 aliphatic carbocycles. The molecule has 1 amide bonds. The van der Waals surface area contributed by atoms with Crippen molar-refractivity contribution in [3.63, 3.8) is 0 Å². The van der Waals surface area contributed by atoms with Crippen molar-refractivity contribution in [1.29, 1.82) is 0 Å². The Kier molecular flexibility index (Phi) is 3.26. The fourth-order valence-corrected chi connectivity index (χ4v) is 2.10. The Bertz CT molecular complexity index is 368. The number of aromatic nitrogens is 1. The molecule has 5 heteroatoms. The van der Waals surface area contributed by atoms with Gasteiger partial charge in [-0.1, -0.05) is 0 Å². The van der Waals surface area contributed by atoms with Crippen LogP contribution in [0.4, 0.5) is 5.69 Å². The van der Waals surface area contributed by atoms with Crippen LogP contribution in [0, 0.1) is 5.92 Å². The van der Waals surface area contributed by atoms with Crippen molar-refractivity contribution in [3.05, 3.63) is 22.9 Å². The van der Waals surface area contributed by atoms with E-state index in [0.717, 1.165) is 10.3 Å². The molecule has 0 bridgehead atoms. The second kappa shape index (κ2) is 4.49. The molecule has 1 aliphatic heterocycles. The first kappa shape index (κ1) is 10.9. The van der Waals surface area contributed by atoms with E-state index in [9.17, 15) is 4.79 Å². The molecule has 1 aromatic rings. The second-order valence-electron chi connectivity index (χ2n) is 3.57. The zero-order valence-electron chi connectivity index (χ0n) is 7.99. The summed E-state index contributed by atoms with van der Waals surface area (Å²) in [4.78, 5) is 17.5. The van der Waals surface area contributed by atoms with Crippen molar-refractivity contribution in [2.75, 3.05) is 17.3 Å². The van der Waals surface area contributed by atoms with E-state index in [4.69, 9.17) is 11.6 Å². The maximum Gasteiger partial charge on any atom is 0.227 e. The largest absolute Gasteiger partial charge is 0.311 e. The first-order valence-corrected chi connectivity index (χ1v) is 6.01. The number of rotatable bonds is 2. The number of hydrogen-bond acceptors (Lipinski definition) is 2. The minimum Gasteiger partial charge on any atom is -0.311 e. The van der Waals surface area contributed by atoms with Crippen LogP contribution < -0.4 is 4.90 Å². The van der Waals surface area contributed by atoms with Gasteiger partial charge in [0.05, 0.1) is 11.9 Å². The topological polar surface area (TPSA) is 33.2 Å². The highest BCUT2D eigenvalue weighted by atomic mass is 79.9. The maximum absolute atomic E-state index is 11.7. The number of amides is 1. The molecule has 0 saturated carbocycles. The second-order valence-corrected chi connectivity index (χ2v) is 4.69. The van der Waals surface area contributed by atoms with E-state index in [0.29, 0.717) is 18.8 Å². The van der Waals surface area contributed by atoms with Gasteiger partial charge >= 0.3 is 0 Å². The van der Waals surface area contributed by atoms with E-state index >= 15 is 0 Å². The van der Waals surface area contributed by atoms with Gasteiger partial charge in [0.1, 0.15) is 4.60 Å². The van der Waals surface area contributed by atoms with Crippen molar-refractivity contribution in [2.24, 2.45) is 5.92 Å². The van der Waals surface area contributed by atoms with Gasteiger partial charge in [0.2, 0.25) is 5.91 Å². The zero-order chi connectivity index (χ0) is 10.8. The Morgan fingerprint density at radius 3 is 2.93 bits per heavy atom. The molecular weight excluding hydrogens is 279 g/mol. The molecule has 1 aromatic heterocycles. The Morgan fingerprint density at radius 2 is 2.40 bits per heavy atom. The van der Waals surface area contributed by atoms with E-state index in [1.165, 1.54) is 0 Å². The third kappa shape index (κ3) is 2.32. The average Bonchev–Trinajstić information content (AvgIpc) is 2.61. The molecule has 2 heterocycles. The summed E-state index contributed by atoms with van der Waals surface area (Å²) in [6, 6.07) is 3.71. The molecule has 0 radical (unpaired) electrons. The van der Waals surface area contributed by atoms with Gasteiger partial charge in [-0.15, -0.1) is 11.6 Å². The summed E-state index contributed by atoms with van der Waals surface area (Å²) in [6.45, 7) is 0.700. The van der Waals surface area contributed by atoms with Crippen LogP contribution in [0.15, 0.2) is 22.9 Å². The summed E-state index contributed by atoms with van der Waals surface area (Å²) in [5, 5.41) is 0. The van der Waals surface area contributed by atoms with Gasteiger partial charge in [0.25, 0.3) is 0 Å². The van der Waals surface area contributed by atoms with Gasteiger partial charge in [0.15, 0.2) is 0 Å². The molecule has 1 unspecified atom stereocenters.